The van der Waals surface area contributed by atoms with Crippen molar-refractivity contribution in [2.75, 3.05) is 27.2 Å². The van der Waals surface area contributed by atoms with Crippen molar-refractivity contribution in [2.24, 2.45) is 0 Å². The molecule has 1 heterocycles. The molecule has 0 spiro atoms. The number of nitrogens with one attached hydrogen (secondary N) is 1. The van der Waals surface area contributed by atoms with Crippen LogP contribution in [0.15, 0.2) is 10.3 Å². The van der Waals surface area contributed by atoms with Gasteiger partial charge in [-0.25, -0.2) is 17.9 Å². The van der Waals surface area contributed by atoms with Gasteiger partial charge in [0.2, 0.25) is 10.0 Å². The van der Waals surface area contributed by atoms with Gasteiger partial charge in [0.05, 0.1) is 0 Å². The van der Waals surface area contributed by atoms with Crippen LogP contribution in [0.2, 0.25) is 0 Å². The zero-order valence-corrected chi connectivity index (χ0v) is 12.8. The van der Waals surface area contributed by atoms with Gasteiger partial charge < -0.3 is 10.0 Å². The molecule has 1 aromatic rings. The van der Waals surface area contributed by atoms with Crippen molar-refractivity contribution in [1.29, 1.82) is 0 Å². The molecule has 8 heteroatoms. The molecule has 1 rings (SSSR count). The molecule has 1 aromatic heterocycles. The number of hydrogen-bond acceptors (Lipinski definition) is 5. The number of thiophene rings is 1. The number of carbonyl (C=O) groups is 1. The first-order valence-corrected chi connectivity index (χ1v) is 8.02. The second-order valence-electron chi connectivity index (χ2n) is 4.44. The normalized spacial score (nSPS) is 12.0. The minimum Gasteiger partial charge on any atom is -0.477 e. The molecule has 0 aromatic carbocycles. The maximum atomic E-state index is 12.0. The number of aryl methyl sites for hydroxylation is 1. The lowest BCUT2D eigenvalue weighted by Crippen LogP contribution is -2.26. The van der Waals surface area contributed by atoms with Crippen LogP contribution in [-0.2, 0) is 10.0 Å². The molecule has 0 unspecified atom stereocenters. The minimum atomic E-state index is -3.61. The third kappa shape index (κ3) is 4.57. The third-order valence-electron chi connectivity index (χ3n) is 2.43. The Morgan fingerprint density at radius 1 is 1.47 bits per heavy atom. The molecule has 0 fully saturated rings. The number of carboxylic acid groups (broad SMARTS) is 1. The molecule has 0 radical (unpaired) electrons. The SMILES string of the molecule is Cc1cc(S(=O)(=O)NCCCN(C)C)sc1C(=O)O. The largest absolute Gasteiger partial charge is 0.477 e. The summed E-state index contributed by atoms with van der Waals surface area (Å²) in [4.78, 5) is 12.9. The molecule has 6 nitrogen and oxygen atoms in total. The highest BCUT2D eigenvalue weighted by Gasteiger charge is 2.21. The number of nitrogens with zero attached hydrogens (tertiary/aromatic N) is 1. The van der Waals surface area contributed by atoms with Crippen LogP contribution in [0.5, 0.6) is 0 Å². The minimum absolute atomic E-state index is 0.0484. The fourth-order valence-electron chi connectivity index (χ4n) is 1.47. The van der Waals surface area contributed by atoms with Crippen LogP contribution in [0.1, 0.15) is 21.7 Å². The van der Waals surface area contributed by atoms with Crippen LogP contribution in [0.4, 0.5) is 0 Å². The van der Waals surface area contributed by atoms with Gasteiger partial charge in [0.1, 0.15) is 9.09 Å². The molecule has 0 atom stereocenters. The average molecular weight is 306 g/mol. The number of rotatable bonds is 7. The maximum absolute atomic E-state index is 12.0. The van der Waals surface area contributed by atoms with Crippen LogP contribution < -0.4 is 4.72 Å². The number of sulfonamides is 1. The lowest BCUT2D eigenvalue weighted by atomic mass is 10.3. The van der Waals surface area contributed by atoms with Gasteiger partial charge in [0, 0.05) is 6.54 Å². The molecule has 0 aliphatic heterocycles. The van der Waals surface area contributed by atoms with Crippen molar-refractivity contribution in [3.63, 3.8) is 0 Å². The highest BCUT2D eigenvalue weighted by atomic mass is 32.2. The van der Waals surface area contributed by atoms with Gasteiger partial charge in [-0.2, -0.15) is 0 Å². The Kier molecular flexibility index (Phi) is 5.48. The molecule has 0 saturated heterocycles. The van der Waals surface area contributed by atoms with Crippen molar-refractivity contribution >= 4 is 27.3 Å². The summed E-state index contributed by atoms with van der Waals surface area (Å²) in [7, 11) is 0.219. The highest BCUT2D eigenvalue weighted by Crippen LogP contribution is 2.25. The molecule has 0 aliphatic carbocycles. The Labute approximate surface area is 117 Å². The Balaban J connectivity index is 2.72. The van der Waals surface area contributed by atoms with E-state index in [2.05, 4.69) is 4.72 Å². The Hall–Kier alpha value is -0.960. The van der Waals surface area contributed by atoms with E-state index in [1.807, 2.05) is 19.0 Å². The summed E-state index contributed by atoms with van der Waals surface area (Å²) >= 11 is 0.778. The van der Waals surface area contributed by atoms with E-state index in [1.165, 1.54) is 6.07 Å². The van der Waals surface area contributed by atoms with Crippen LogP contribution in [-0.4, -0.2) is 51.6 Å². The zero-order valence-electron chi connectivity index (χ0n) is 11.1. The Morgan fingerprint density at radius 2 is 2.11 bits per heavy atom. The molecule has 0 saturated carbocycles. The molecule has 2 N–H and O–H groups in total. The monoisotopic (exact) mass is 306 g/mol. The first-order valence-electron chi connectivity index (χ1n) is 5.72. The zero-order chi connectivity index (χ0) is 14.6. The van der Waals surface area contributed by atoms with Gasteiger partial charge in [-0.15, -0.1) is 11.3 Å². The van der Waals surface area contributed by atoms with Crippen molar-refractivity contribution in [3.05, 3.63) is 16.5 Å². The first-order chi connectivity index (χ1) is 8.74. The van der Waals surface area contributed by atoms with Crippen LogP contribution >= 0.6 is 11.3 Å². The highest BCUT2D eigenvalue weighted by molar-refractivity contribution is 7.91. The summed E-state index contributed by atoms with van der Waals surface area (Å²) < 4.78 is 26.4. The van der Waals surface area contributed by atoms with E-state index in [1.54, 1.807) is 6.92 Å². The standard InChI is InChI=1S/C11H18N2O4S2/c1-8-7-9(18-10(8)11(14)15)19(16,17)12-5-4-6-13(2)3/h7,12H,4-6H2,1-3H3,(H,14,15). The molecular weight excluding hydrogens is 288 g/mol. The van der Waals surface area contributed by atoms with Gasteiger partial charge in [0.15, 0.2) is 0 Å². The summed E-state index contributed by atoms with van der Waals surface area (Å²) in [6, 6.07) is 1.39. The lowest BCUT2D eigenvalue weighted by Gasteiger charge is -2.09. The van der Waals surface area contributed by atoms with Crippen molar-refractivity contribution in [1.82, 2.24) is 9.62 Å². The van der Waals surface area contributed by atoms with E-state index in [9.17, 15) is 13.2 Å². The quantitative estimate of drug-likeness (QED) is 0.734. The van der Waals surface area contributed by atoms with Crippen LogP contribution in [0, 0.1) is 6.92 Å². The summed E-state index contributed by atoms with van der Waals surface area (Å²) in [5, 5.41) is 8.91. The Morgan fingerprint density at radius 3 is 2.58 bits per heavy atom. The van der Waals surface area contributed by atoms with Crippen molar-refractivity contribution in [2.45, 2.75) is 17.6 Å². The van der Waals surface area contributed by atoms with Crippen molar-refractivity contribution in [3.8, 4) is 0 Å². The van der Waals surface area contributed by atoms with E-state index in [0.29, 0.717) is 18.5 Å². The summed E-state index contributed by atoms with van der Waals surface area (Å²) in [5.74, 6) is -1.10. The number of hydrogen-bond donors (Lipinski definition) is 2. The molecule has 0 amide bonds. The van der Waals surface area contributed by atoms with Gasteiger partial charge in [-0.1, -0.05) is 0 Å². The second-order valence-corrected chi connectivity index (χ2v) is 7.48. The molecule has 19 heavy (non-hydrogen) atoms. The fourth-order valence-corrected chi connectivity index (χ4v) is 3.97. The van der Waals surface area contributed by atoms with Crippen LogP contribution in [0.3, 0.4) is 0 Å². The second kappa shape index (κ2) is 6.47. The lowest BCUT2D eigenvalue weighted by molar-refractivity contribution is 0.0701. The fraction of sp³-hybridized carbons (Fsp3) is 0.545. The third-order valence-corrected chi connectivity index (χ3v) is 5.59. The van der Waals surface area contributed by atoms with E-state index in [4.69, 9.17) is 5.11 Å². The molecule has 0 bridgehead atoms. The Bertz CT molecular complexity index is 549. The van der Waals surface area contributed by atoms with Crippen LogP contribution in [0.25, 0.3) is 0 Å². The van der Waals surface area contributed by atoms with E-state index in [-0.39, 0.29) is 9.09 Å². The maximum Gasteiger partial charge on any atom is 0.346 e. The molecule has 108 valence electrons. The first kappa shape index (κ1) is 16.1. The predicted molar refractivity (Wildman–Crippen MR) is 74.4 cm³/mol. The molecule has 0 aliphatic rings. The van der Waals surface area contributed by atoms with Gasteiger partial charge in [0.25, 0.3) is 0 Å². The number of carboxylic acids is 1. The van der Waals surface area contributed by atoms with Crippen molar-refractivity contribution < 1.29 is 18.3 Å². The van der Waals surface area contributed by atoms with Gasteiger partial charge in [-0.05, 0) is 45.6 Å². The van der Waals surface area contributed by atoms with E-state index < -0.39 is 16.0 Å². The average Bonchev–Trinajstić information content (AvgIpc) is 2.67. The summed E-state index contributed by atoms with van der Waals surface area (Å²) in [5.41, 5.74) is 0.464. The number of aromatic carboxylic acids is 1. The molecular formula is C11H18N2O4S2. The van der Waals surface area contributed by atoms with Gasteiger partial charge >= 0.3 is 5.97 Å². The summed E-state index contributed by atoms with van der Waals surface area (Å²) in [6.07, 6.45) is 0.697. The topological polar surface area (TPSA) is 86.7 Å². The smallest absolute Gasteiger partial charge is 0.346 e. The van der Waals surface area contributed by atoms with E-state index >= 15 is 0 Å². The summed E-state index contributed by atoms with van der Waals surface area (Å²) in [6.45, 7) is 2.71. The predicted octanol–water partition coefficient (Wildman–Crippen LogP) is 0.985. The van der Waals surface area contributed by atoms with Gasteiger partial charge in [-0.3, -0.25) is 0 Å². The van der Waals surface area contributed by atoms with E-state index in [0.717, 1.165) is 17.9 Å².